The topological polar surface area (TPSA) is 93.8 Å². The number of nitro benzene ring substituents is 1. The van der Waals surface area contributed by atoms with Gasteiger partial charge in [0.15, 0.2) is 6.61 Å². The molecule has 2 aromatic rings. The smallest absolute Gasteiger partial charge is 0.277 e. The van der Waals surface area contributed by atoms with Crippen molar-refractivity contribution in [3.05, 3.63) is 69.3 Å². The molecule has 0 saturated carbocycles. The van der Waals surface area contributed by atoms with E-state index in [1.807, 2.05) is 12.1 Å². The minimum atomic E-state index is -0.471. The Bertz CT molecular complexity index is 831. The Kier molecular flexibility index (Phi) is 5.58. The van der Waals surface area contributed by atoms with Crippen LogP contribution in [0.25, 0.3) is 0 Å². The molecule has 7 heteroatoms. The van der Waals surface area contributed by atoms with Crippen molar-refractivity contribution in [1.82, 2.24) is 5.43 Å². The molecule has 0 aliphatic heterocycles. The molecule has 3 rings (SSSR count). The molecular formula is C19H19N3O4. The number of nitrogens with zero attached hydrogens (tertiary/aromatic N) is 2. The third-order valence-electron chi connectivity index (χ3n) is 4.20. The van der Waals surface area contributed by atoms with Crippen molar-refractivity contribution in [3.8, 4) is 5.75 Å². The second-order valence-electron chi connectivity index (χ2n) is 6.07. The lowest BCUT2D eigenvalue weighted by molar-refractivity contribution is -0.384. The number of carbonyl (C=O) groups excluding carboxylic acids is 1. The minimum absolute atomic E-state index is 0.00429. The molecule has 0 unspecified atom stereocenters. The first-order valence-corrected chi connectivity index (χ1v) is 8.43. The standard InChI is InChI=1S/C19H19N3O4/c23-19(21-20-12-14-5-8-17(9-6-14)22(24)25)13-26-18-10-7-15-3-1-2-4-16(15)11-18/h5-12H,1-4,13H2,(H,21,23)/b20-12-. The Hall–Kier alpha value is -3.22. The third kappa shape index (κ3) is 4.66. The fraction of sp³-hybridized carbons (Fsp3) is 0.263. The molecule has 0 heterocycles. The van der Waals surface area contributed by atoms with E-state index in [-0.39, 0.29) is 18.2 Å². The van der Waals surface area contributed by atoms with Gasteiger partial charge in [0.25, 0.3) is 11.6 Å². The van der Waals surface area contributed by atoms with Crippen LogP contribution in [0.4, 0.5) is 5.69 Å². The monoisotopic (exact) mass is 353 g/mol. The molecule has 134 valence electrons. The maximum absolute atomic E-state index is 11.8. The highest BCUT2D eigenvalue weighted by atomic mass is 16.6. The number of nitrogens with one attached hydrogen (secondary N) is 1. The number of hydrogen-bond donors (Lipinski definition) is 1. The van der Waals surface area contributed by atoms with Crippen molar-refractivity contribution in [1.29, 1.82) is 0 Å². The molecule has 1 aliphatic carbocycles. The molecule has 0 bridgehead atoms. The molecule has 0 radical (unpaired) electrons. The third-order valence-corrected chi connectivity index (χ3v) is 4.20. The number of benzene rings is 2. The molecule has 1 aliphatic rings. The van der Waals surface area contributed by atoms with Crippen LogP contribution in [0.3, 0.4) is 0 Å². The van der Waals surface area contributed by atoms with Crippen LogP contribution < -0.4 is 10.2 Å². The summed E-state index contributed by atoms with van der Waals surface area (Å²) in [5.74, 6) is 0.307. The van der Waals surface area contributed by atoms with Crippen LogP contribution in [0.5, 0.6) is 5.75 Å². The van der Waals surface area contributed by atoms with E-state index in [2.05, 4.69) is 16.6 Å². The van der Waals surface area contributed by atoms with Crippen molar-refractivity contribution in [2.75, 3.05) is 6.61 Å². The summed E-state index contributed by atoms with van der Waals surface area (Å²) in [4.78, 5) is 21.9. The summed E-state index contributed by atoms with van der Waals surface area (Å²) < 4.78 is 5.52. The lowest BCUT2D eigenvalue weighted by Crippen LogP contribution is -2.24. The number of aryl methyl sites for hydroxylation is 2. The molecule has 0 spiro atoms. The fourth-order valence-corrected chi connectivity index (χ4v) is 2.84. The quantitative estimate of drug-likeness (QED) is 0.491. The van der Waals surface area contributed by atoms with Crippen molar-refractivity contribution in [2.45, 2.75) is 25.7 Å². The molecule has 26 heavy (non-hydrogen) atoms. The molecule has 1 amide bonds. The van der Waals surface area contributed by atoms with Gasteiger partial charge in [0.1, 0.15) is 5.75 Å². The van der Waals surface area contributed by atoms with Gasteiger partial charge in [-0.1, -0.05) is 6.07 Å². The van der Waals surface area contributed by atoms with Gasteiger partial charge >= 0.3 is 0 Å². The second kappa shape index (κ2) is 8.24. The first-order chi connectivity index (χ1) is 12.6. The summed E-state index contributed by atoms with van der Waals surface area (Å²) in [6.07, 6.45) is 5.99. The van der Waals surface area contributed by atoms with Crippen LogP contribution in [0, 0.1) is 10.1 Å². The highest BCUT2D eigenvalue weighted by Crippen LogP contribution is 2.25. The first kappa shape index (κ1) is 17.6. The molecule has 2 aromatic carbocycles. The molecule has 0 atom stereocenters. The van der Waals surface area contributed by atoms with E-state index in [0.717, 1.165) is 12.8 Å². The molecule has 0 aromatic heterocycles. The summed E-state index contributed by atoms with van der Waals surface area (Å²) in [6, 6.07) is 11.8. The van der Waals surface area contributed by atoms with Gasteiger partial charge in [-0.15, -0.1) is 0 Å². The van der Waals surface area contributed by atoms with Crippen LogP contribution in [0.2, 0.25) is 0 Å². The molecule has 0 saturated heterocycles. The van der Waals surface area contributed by atoms with Crippen LogP contribution in [0.1, 0.15) is 29.5 Å². The van der Waals surface area contributed by atoms with Crippen molar-refractivity contribution in [2.24, 2.45) is 5.10 Å². The molecular weight excluding hydrogens is 334 g/mol. The van der Waals surface area contributed by atoms with Gasteiger partial charge in [-0.3, -0.25) is 14.9 Å². The van der Waals surface area contributed by atoms with E-state index in [4.69, 9.17) is 4.74 Å². The zero-order chi connectivity index (χ0) is 18.4. The Morgan fingerprint density at radius 2 is 1.88 bits per heavy atom. The SMILES string of the molecule is O=C(COc1ccc2c(c1)CCCC2)N/N=C\c1ccc([N+](=O)[O-])cc1. The summed E-state index contributed by atoms with van der Waals surface area (Å²) in [6.45, 7) is -0.129. The van der Waals surface area contributed by atoms with Crippen LogP contribution in [-0.4, -0.2) is 23.7 Å². The number of carbonyl (C=O) groups is 1. The number of fused-ring (bicyclic) bond motifs is 1. The number of hydrazone groups is 1. The Morgan fingerprint density at radius 1 is 1.15 bits per heavy atom. The predicted octanol–water partition coefficient (Wildman–Crippen LogP) is 3.00. The largest absolute Gasteiger partial charge is 0.484 e. The number of hydrogen-bond acceptors (Lipinski definition) is 5. The van der Waals surface area contributed by atoms with Crippen molar-refractivity contribution >= 4 is 17.8 Å². The molecule has 1 N–H and O–H groups in total. The van der Waals surface area contributed by atoms with E-state index in [0.29, 0.717) is 11.3 Å². The van der Waals surface area contributed by atoms with Gasteiger partial charge in [-0.25, -0.2) is 5.43 Å². The van der Waals surface area contributed by atoms with Gasteiger partial charge in [0.05, 0.1) is 11.1 Å². The summed E-state index contributed by atoms with van der Waals surface area (Å²) >= 11 is 0. The Labute approximate surface area is 150 Å². The van der Waals surface area contributed by atoms with E-state index < -0.39 is 4.92 Å². The predicted molar refractivity (Wildman–Crippen MR) is 97.4 cm³/mol. The van der Waals surface area contributed by atoms with E-state index in [1.54, 1.807) is 12.1 Å². The van der Waals surface area contributed by atoms with Crippen LogP contribution in [-0.2, 0) is 17.6 Å². The average Bonchev–Trinajstić information content (AvgIpc) is 2.66. The summed E-state index contributed by atoms with van der Waals surface area (Å²) in [7, 11) is 0. The number of nitro groups is 1. The molecule has 0 fully saturated rings. The maximum atomic E-state index is 11.8. The normalized spacial score (nSPS) is 13.2. The van der Waals surface area contributed by atoms with Crippen LogP contribution >= 0.6 is 0 Å². The zero-order valence-corrected chi connectivity index (χ0v) is 14.2. The van der Waals surface area contributed by atoms with Crippen molar-refractivity contribution in [3.63, 3.8) is 0 Å². The van der Waals surface area contributed by atoms with E-state index >= 15 is 0 Å². The number of amides is 1. The maximum Gasteiger partial charge on any atom is 0.277 e. The fourth-order valence-electron chi connectivity index (χ4n) is 2.84. The van der Waals surface area contributed by atoms with E-state index in [1.165, 1.54) is 42.3 Å². The summed E-state index contributed by atoms with van der Waals surface area (Å²) in [5.41, 5.74) is 5.68. The lowest BCUT2D eigenvalue weighted by atomic mass is 9.92. The highest BCUT2D eigenvalue weighted by molar-refractivity contribution is 5.83. The Morgan fingerprint density at radius 3 is 2.62 bits per heavy atom. The number of rotatable bonds is 6. The van der Waals surface area contributed by atoms with Gasteiger partial charge < -0.3 is 4.74 Å². The Balaban J connectivity index is 1.47. The first-order valence-electron chi connectivity index (χ1n) is 8.43. The average molecular weight is 353 g/mol. The zero-order valence-electron chi connectivity index (χ0n) is 14.2. The molecule has 7 nitrogen and oxygen atoms in total. The number of non-ortho nitro benzene ring substituents is 1. The highest BCUT2D eigenvalue weighted by Gasteiger charge is 2.10. The number of ether oxygens (including phenoxy) is 1. The van der Waals surface area contributed by atoms with E-state index in [9.17, 15) is 14.9 Å². The van der Waals surface area contributed by atoms with Crippen molar-refractivity contribution < 1.29 is 14.5 Å². The van der Waals surface area contributed by atoms with Crippen LogP contribution in [0.15, 0.2) is 47.6 Å². The van der Waals surface area contributed by atoms with Gasteiger partial charge in [0, 0.05) is 12.1 Å². The lowest BCUT2D eigenvalue weighted by Gasteiger charge is -2.16. The van der Waals surface area contributed by atoms with Gasteiger partial charge in [0.2, 0.25) is 0 Å². The second-order valence-corrected chi connectivity index (χ2v) is 6.07. The minimum Gasteiger partial charge on any atom is -0.484 e. The summed E-state index contributed by atoms with van der Waals surface area (Å²) in [5, 5.41) is 14.4. The van der Waals surface area contributed by atoms with Gasteiger partial charge in [-0.2, -0.15) is 5.10 Å². The van der Waals surface area contributed by atoms with Gasteiger partial charge in [-0.05, 0) is 66.6 Å².